The van der Waals surface area contributed by atoms with E-state index in [9.17, 15) is 9.59 Å². The van der Waals surface area contributed by atoms with E-state index in [1.54, 1.807) is 7.05 Å². The molecule has 0 heterocycles. The van der Waals surface area contributed by atoms with Crippen LogP contribution in [0.2, 0.25) is 0 Å². The second-order valence-corrected chi connectivity index (χ2v) is 9.18. The molecule has 0 spiro atoms. The van der Waals surface area contributed by atoms with Crippen LogP contribution in [-0.2, 0) is 15.0 Å². The van der Waals surface area contributed by atoms with Crippen LogP contribution in [0.1, 0.15) is 37.5 Å². The number of thioether (sulfide) groups is 1. The number of nitrogens with one attached hydrogen (secondary N) is 1. The molecule has 0 atom stereocenters. The molecule has 0 saturated carbocycles. The van der Waals surface area contributed by atoms with Crippen LogP contribution in [0.15, 0.2) is 47.4 Å². The number of hydrogen-bond donors (Lipinski definition) is 1. The Morgan fingerprint density at radius 1 is 1.00 bits per heavy atom. The highest BCUT2D eigenvalue weighted by Crippen LogP contribution is 2.25. The van der Waals surface area contributed by atoms with Crippen molar-refractivity contribution in [3.8, 4) is 0 Å². The first kappa shape index (κ1) is 22.0. The summed E-state index contributed by atoms with van der Waals surface area (Å²) in [4.78, 5) is 27.2. The summed E-state index contributed by atoms with van der Waals surface area (Å²) < 4.78 is 0. The quantitative estimate of drug-likeness (QED) is 0.712. The number of anilines is 1. The summed E-state index contributed by atoms with van der Waals surface area (Å²) in [6.45, 7) is 10.5. The van der Waals surface area contributed by atoms with Gasteiger partial charge in [0.1, 0.15) is 0 Å². The van der Waals surface area contributed by atoms with Gasteiger partial charge in [0.15, 0.2) is 0 Å². The number of rotatable bonds is 6. The standard InChI is InChI=1S/C23H30N2O2S/c1-16-8-7-9-17(2)22(16)24-20(26)14-25(6)21(27)15-28-19-12-10-18(11-13-19)23(3,4)5/h7-13H,14-15H2,1-6H3,(H,24,26). The Morgan fingerprint density at radius 2 is 1.57 bits per heavy atom. The van der Waals surface area contributed by atoms with Gasteiger partial charge in [-0.25, -0.2) is 0 Å². The second-order valence-electron chi connectivity index (χ2n) is 8.13. The van der Waals surface area contributed by atoms with Gasteiger partial charge in [0.2, 0.25) is 11.8 Å². The SMILES string of the molecule is Cc1cccc(C)c1NC(=O)CN(C)C(=O)CSc1ccc(C(C)(C)C)cc1. The fraction of sp³-hybridized carbons (Fsp3) is 0.391. The Hall–Kier alpha value is -2.27. The topological polar surface area (TPSA) is 49.4 Å². The fourth-order valence-electron chi connectivity index (χ4n) is 2.80. The Kier molecular flexibility index (Phi) is 7.30. The first-order valence-electron chi connectivity index (χ1n) is 9.41. The van der Waals surface area contributed by atoms with Gasteiger partial charge in [-0.15, -0.1) is 11.8 Å². The molecule has 2 aromatic rings. The smallest absolute Gasteiger partial charge is 0.243 e. The number of hydrogen-bond acceptors (Lipinski definition) is 3. The van der Waals surface area contributed by atoms with Crippen molar-refractivity contribution < 1.29 is 9.59 Å². The first-order valence-corrected chi connectivity index (χ1v) is 10.4. The number of nitrogens with zero attached hydrogens (tertiary/aromatic N) is 1. The highest BCUT2D eigenvalue weighted by Gasteiger charge is 2.16. The van der Waals surface area contributed by atoms with Crippen LogP contribution in [0, 0.1) is 13.8 Å². The second kappa shape index (κ2) is 9.28. The first-order chi connectivity index (χ1) is 13.1. The predicted octanol–water partition coefficient (Wildman–Crippen LogP) is 4.79. The molecule has 0 aliphatic heterocycles. The normalized spacial score (nSPS) is 11.2. The Morgan fingerprint density at radius 3 is 2.11 bits per heavy atom. The van der Waals surface area contributed by atoms with Crippen molar-refractivity contribution in [2.45, 2.75) is 44.9 Å². The molecule has 4 nitrogen and oxygen atoms in total. The van der Waals surface area contributed by atoms with Crippen molar-refractivity contribution in [1.29, 1.82) is 0 Å². The van der Waals surface area contributed by atoms with E-state index in [1.807, 2.05) is 44.2 Å². The molecule has 0 fully saturated rings. The molecule has 2 amide bonds. The maximum atomic E-state index is 12.4. The summed E-state index contributed by atoms with van der Waals surface area (Å²) in [6, 6.07) is 14.2. The molecule has 0 radical (unpaired) electrons. The van der Waals surface area contributed by atoms with Crippen LogP contribution in [0.3, 0.4) is 0 Å². The number of likely N-dealkylation sites (N-methyl/N-ethyl adjacent to an activating group) is 1. The lowest BCUT2D eigenvalue weighted by molar-refractivity contribution is -0.131. The van der Waals surface area contributed by atoms with Gasteiger partial charge >= 0.3 is 0 Å². The van der Waals surface area contributed by atoms with Crippen molar-refractivity contribution in [3.05, 3.63) is 59.2 Å². The van der Waals surface area contributed by atoms with E-state index in [4.69, 9.17) is 0 Å². The van der Waals surface area contributed by atoms with E-state index < -0.39 is 0 Å². The lowest BCUT2D eigenvalue weighted by atomic mass is 9.87. The molecule has 0 unspecified atom stereocenters. The van der Waals surface area contributed by atoms with Crippen LogP contribution >= 0.6 is 11.8 Å². The molecule has 150 valence electrons. The molecule has 28 heavy (non-hydrogen) atoms. The lowest BCUT2D eigenvalue weighted by Gasteiger charge is -2.19. The van der Waals surface area contributed by atoms with E-state index in [2.05, 4.69) is 38.2 Å². The lowest BCUT2D eigenvalue weighted by Crippen LogP contribution is -2.36. The maximum absolute atomic E-state index is 12.4. The molecule has 0 aliphatic carbocycles. The van der Waals surface area contributed by atoms with Gasteiger partial charge in [0, 0.05) is 17.6 Å². The number of carbonyl (C=O) groups excluding carboxylic acids is 2. The van der Waals surface area contributed by atoms with Crippen molar-refractivity contribution >= 4 is 29.3 Å². The molecule has 0 bridgehead atoms. The zero-order chi connectivity index (χ0) is 20.9. The summed E-state index contributed by atoms with van der Waals surface area (Å²) in [5.41, 5.74) is 4.22. The Labute approximate surface area is 172 Å². The minimum atomic E-state index is -0.187. The number of aryl methyl sites for hydroxylation is 2. The Bertz CT molecular complexity index is 818. The minimum Gasteiger partial charge on any atom is -0.336 e. The average Bonchev–Trinajstić information content (AvgIpc) is 2.62. The molecular weight excluding hydrogens is 368 g/mol. The van der Waals surface area contributed by atoms with E-state index in [-0.39, 0.29) is 23.8 Å². The zero-order valence-corrected chi connectivity index (χ0v) is 18.4. The van der Waals surface area contributed by atoms with Crippen molar-refractivity contribution in [2.24, 2.45) is 0 Å². The average molecular weight is 399 g/mol. The van der Waals surface area contributed by atoms with Crippen LogP contribution in [-0.4, -0.2) is 36.1 Å². The summed E-state index contributed by atoms with van der Waals surface area (Å²) in [7, 11) is 1.66. The fourth-order valence-corrected chi connectivity index (χ4v) is 3.64. The van der Waals surface area contributed by atoms with Crippen LogP contribution in [0.25, 0.3) is 0 Å². The number of para-hydroxylation sites is 1. The van der Waals surface area contributed by atoms with E-state index >= 15 is 0 Å². The molecule has 0 saturated heterocycles. The van der Waals surface area contributed by atoms with Crippen LogP contribution < -0.4 is 5.32 Å². The van der Waals surface area contributed by atoms with Crippen LogP contribution in [0.4, 0.5) is 5.69 Å². The summed E-state index contributed by atoms with van der Waals surface area (Å²) in [5, 5.41) is 2.92. The highest BCUT2D eigenvalue weighted by atomic mass is 32.2. The molecule has 0 aliphatic rings. The van der Waals surface area contributed by atoms with E-state index in [0.717, 1.165) is 21.7 Å². The molecule has 1 N–H and O–H groups in total. The zero-order valence-electron chi connectivity index (χ0n) is 17.6. The number of carbonyl (C=O) groups is 2. The number of benzene rings is 2. The van der Waals surface area contributed by atoms with E-state index in [0.29, 0.717) is 5.75 Å². The predicted molar refractivity (Wildman–Crippen MR) is 118 cm³/mol. The van der Waals surface area contributed by atoms with E-state index in [1.165, 1.54) is 22.2 Å². The van der Waals surface area contributed by atoms with Crippen LogP contribution in [0.5, 0.6) is 0 Å². The third-order valence-corrected chi connectivity index (χ3v) is 5.63. The largest absolute Gasteiger partial charge is 0.336 e. The third kappa shape index (κ3) is 6.13. The summed E-state index contributed by atoms with van der Waals surface area (Å²) in [5.74, 6) is 0.0523. The monoisotopic (exact) mass is 398 g/mol. The van der Waals surface area contributed by atoms with Gasteiger partial charge < -0.3 is 10.2 Å². The highest BCUT2D eigenvalue weighted by molar-refractivity contribution is 8.00. The third-order valence-electron chi connectivity index (χ3n) is 4.63. The van der Waals surface area contributed by atoms with Gasteiger partial charge in [-0.2, -0.15) is 0 Å². The number of amides is 2. The Balaban J connectivity index is 1.86. The van der Waals surface area contributed by atoms with Crippen molar-refractivity contribution in [1.82, 2.24) is 4.90 Å². The van der Waals surface area contributed by atoms with Gasteiger partial charge in [-0.05, 0) is 48.1 Å². The molecule has 2 rings (SSSR count). The van der Waals surface area contributed by atoms with Crippen molar-refractivity contribution in [3.63, 3.8) is 0 Å². The molecule has 5 heteroatoms. The molecule has 0 aromatic heterocycles. The summed E-state index contributed by atoms with van der Waals surface area (Å²) in [6.07, 6.45) is 0. The summed E-state index contributed by atoms with van der Waals surface area (Å²) >= 11 is 1.49. The molecule has 2 aromatic carbocycles. The van der Waals surface area contributed by atoms with Gasteiger partial charge in [0.25, 0.3) is 0 Å². The van der Waals surface area contributed by atoms with Gasteiger partial charge in [-0.1, -0.05) is 51.1 Å². The maximum Gasteiger partial charge on any atom is 0.243 e. The van der Waals surface area contributed by atoms with Gasteiger partial charge in [0.05, 0.1) is 12.3 Å². The van der Waals surface area contributed by atoms with Gasteiger partial charge in [-0.3, -0.25) is 9.59 Å². The minimum absolute atomic E-state index is 0.0378. The molecular formula is C23H30N2O2S. The van der Waals surface area contributed by atoms with Crippen molar-refractivity contribution in [2.75, 3.05) is 24.7 Å².